The first-order valence-corrected chi connectivity index (χ1v) is 6.94. The minimum Gasteiger partial charge on any atom is -0.330 e. The van der Waals surface area contributed by atoms with Crippen molar-refractivity contribution in [3.63, 3.8) is 0 Å². The summed E-state index contributed by atoms with van der Waals surface area (Å²) in [6.07, 6.45) is 0.498. The molecule has 1 atom stereocenters. The first-order valence-electron chi connectivity index (χ1n) is 6.94. The van der Waals surface area contributed by atoms with E-state index < -0.39 is 0 Å². The maximum absolute atomic E-state index is 12.2. The summed E-state index contributed by atoms with van der Waals surface area (Å²) >= 11 is 0. The predicted molar refractivity (Wildman–Crippen MR) is 81.5 cm³/mol. The van der Waals surface area contributed by atoms with E-state index in [4.69, 9.17) is 5.73 Å². The van der Waals surface area contributed by atoms with E-state index in [1.807, 2.05) is 20.9 Å². The normalized spacial score (nSPS) is 12.6. The number of benzene rings is 1. The van der Waals surface area contributed by atoms with Gasteiger partial charge in [0.2, 0.25) is 5.91 Å². The van der Waals surface area contributed by atoms with Gasteiger partial charge in [-0.3, -0.25) is 4.79 Å². The second-order valence-electron chi connectivity index (χ2n) is 5.70. The van der Waals surface area contributed by atoms with Gasteiger partial charge in [0, 0.05) is 19.2 Å². The van der Waals surface area contributed by atoms with Crippen LogP contribution in [0.2, 0.25) is 0 Å². The van der Waals surface area contributed by atoms with Crippen LogP contribution in [0.1, 0.15) is 44.2 Å². The number of hydrogen-bond donors (Lipinski definition) is 1. The Labute approximate surface area is 116 Å². The molecular weight excluding hydrogens is 236 g/mol. The number of anilines is 1. The van der Waals surface area contributed by atoms with Gasteiger partial charge in [-0.2, -0.15) is 0 Å². The molecule has 2 N–H and O–H groups in total. The fourth-order valence-corrected chi connectivity index (χ4v) is 2.00. The van der Waals surface area contributed by atoms with E-state index in [0.717, 1.165) is 11.3 Å². The van der Waals surface area contributed by atoms with E-state index in [2.05, 4.69) is 32.0 Å². The van der Waals surface area contributed by atoms with Gasteiger partial charge in [-0.15, -0.1) is 0 Å². The van der Waals surface area contributed by atoms with Gasteiger partial charge in [0.1, 0.15) is 0 Å². The van der Waals surface area contributed by atoms with Crippen LogP contribution in [-0.2, 0) is 4.79 Å². The molecule has 0 aliphatic rings. The summed E-state index contributed by atoms with van der Waals surface area (Å²) in [5.74, 6) is 0.816. The Balaban J connectivity index is 2.95. The number of nitrogens with zero attached hydrogens (tertiary/aromatic N) is 1. The van der Waals surface area contributed by atoms with Crippen molar-refractivity contribution >= 4 is 11.6 Å². The number of aryl methyl sites for hydroxylation is 1. The van der Waals surface area contributed by atoms with E-state index in [0.29, 0.717) is 18.9 Å². The van der Waals surface area contributed by atoms with E-state index in [1.165, 1.54) is 5.56 Å². The lowest BCUT2D eigenvalue weighted by molar-refractivity contribution is -0.119. The van der Waals surface area contributed by atoms with Crippen molar-refractivity contribution < 1.29 is 4.79 Å². The standard InChI is InChI=1S/C16H26N2O/c1-11(2)14-7-6-13(4)15(9-14)18(5)16(19)8-12(3)10-17/h6-7,9,11-12H,8,10,17H2,1-5H3. The highest BCUT2D eigenvalue weighted by atomic mass is 16.2. The van der Waals surface area contributed by atoms with Crippen LogP contribution in [0.5, 0.6) is 0 Å². The minimum absolute atomic E-state index is 0.127. The number of nitrogens with two attached hydrogens (primary N) is 1. The predicted octanol–water partition coefficient (Wildman–Crippen LogP) is 3.07. The van der Waals surface area contributed by atoms with Crippen LogP contribution in [0.25, 0.3) is 0 Å². The molecular formula is C16H26N2O. The Morgan fingerprint density at radius 2 is 1.95 bits per heavy atom. The van der Waals surface area contributed by atoms with E-state index in [9.17, 15) is 4.79 Å². The van der Waals surface area contributed by atoms with E-state index in [-0.39, 0.29) is 11.8 Å². The Kier molecular flexibility index (Phi) is 5.55. The van der Waals surface area contributed by atoms with Gasteiger partial charge in [0.05, 0.1) is 0 Å². The second-order valence-corrected chi connectivity index (χ2v) is 5.70. The van der Waals surface area contributed by atoms with Gasteiger partial charge in [-0.1, -0.05) is 32.9 Å². The van der Waals surface area contributed by atoms with Crippen LogP contribution in [0.15, 0.2) is 18.2 Å². The fourth-order valence-electron chi connectivity index (χ4n) is 2.00. The molecule has 1 unspecified atom stereocenters. The summed E-state index contributed by atoms with van der Waals surface area (Å²) in [5.41, 5.74) is 8.96. The molecule has 1 amide bonds. The van der Waals surface area contributed by atoms with Crippen molar-refractivity contribution in [2.24, 2.45) is 11.7 Å². The maximum Gasteiger partial charge on any atom is 0.227 e. The molecule has 0 aromatic heterocycles. The summed E-state index contributed by atoms with van der Waals surface area (Å²) in [6, 6.07) is 6.33. The molecule has 1 rings (SSSR count). The Hall–Kier alpha value is -1.35. The number of amides is 1. The molecule has 3 nitrogen and oxygen atoms in total. The zero-order valence-corrected chi connectivity index (χ0v) is 12.7. The van der Waals surface area contributed by atoms with Crippen molar-refractivity contribution in [1.82, 2.24) is 0 Å². The van der Waals surface area contributed by atoms with E-state index in [1.54, 1.807) is 4.90 Å². The van der Waals surface area contributed by atoms with Crippen molar-refractivity contribution in [3.8, 4) is 0 Å². The van der Waals surface area contributed by atoms with Crippen molar-refractivity contribution in [2.75, 3.05) is 18.5 Å². The lowest BCUT2D eigenvalue weighted by Crippen LogP contribution is -2.30. The quantitative estimate of drug-likeness (QED) is 0.886. The van der Waals surface area contributed by atoms with Gasteiger partial charge in [-0.05, 0) is 42.5 Å². The molecule has 1 aromatic rings. The largest absolute Gasteiger partial charge is 0.330 e. The lowest BCUT2D eigenvalue weighted by Gasteiger charge is -2.22. The first-order chi connectivity index (χ1) is 8.86. The molecule has 3 heteroatoms. The molecule has 0 fully saturated rings. The van der Waals surface area contributed by atoms with Gasteiger partial charge >= 0.3 is 0 Å². The molecule has 0 saturated heterocycles. The molecule has 0 aliphatic heterocycles. The number of hydrogen-bond acceptors (Lipinski definition) is 2. The number of rotatable bonds is 5. The summed E-state index contributed by atoms with van der Waals surface area (Å²) in [7, 11) is 1.85. The van der Waals surface area contributed by atoms with Crippen LogP contribution in [0, 0.1) is 12.8 Å². The highest BCUT2D eigenvalue weighted by molar-refractivity contribution is 5.93. The van der Waals surface area contributed by atoms with Crippen molar-refractivity contribution in [2.45, 2.75) is 40.0 Å². The van der Waals surface area contributed by atoms with Crippen LogP contribution in [-0.4, -0.2) is 19.5 Å². The second kappa shape index (κ2) is 6.71. The number of carbonyl (C=O) groups is 1. The van der Waals surface area contributed by atoms with Gasteiger partial charge in [-0.25, -0.2) is 0 Å². The zero-order valence-electron chi connectivity index (χ0n) is 12.7. The van der Waals surface area contributed by atoms with Crippen LogP contribution < -0.4 is 10.6 Å². The smallest absolute Gasteiger partial charge is 0.227 e. The molecule has 0 spiro atoms. The van der Waals surface area contributed by atoms with Crippen LogP contribution >= 0.6 is 0 Å². The summed E-state index contributed by atoms with van der Waals surface area (Å²) in [4.78, 5) is 14.0. The van der Waals surface area contributed by atoms with Crippen molar-refractivity contribution in [1.29, 1.82) is 0 Å². The van der Waals surface area contributed by atoms with Crippen LogP contribution in [0.4, 0.5) is 5.69 Å². The first kappa shape index (κ1) is 15.7. The SMILES string of the molecule is Cc1ccc(C(C)C)cc1N(C)C(=O)CC(C)CN. The summed E-state index contributed by atoms with van der Waals surface area (Å²) in [5, 5.41) is 0. The maximum atomic E-state index is 12.2. The Morgan fingerprint density at radius 3 is 2.47 bits per heavy atom. The average molecular weight is 262 g/mol. The average Bonchev–Trinajstić information content (AvgIpc) is 2.37. The summed E-state index contributed by atoms with van der Waals surface area (Å²) in [6.45, 7) is 8.91. The highest BCUT2D eigenvalue weighted by Gasteiger charge is 2.16. The van der Waals surface area contributed by atoms with Gasteiger partial charge in [0.15, 0.2) is 0 Å². The molecule has 0 radical (unpaired) electrons. The topological polar surface area (TPSA) is 46.3 Å². The van der Waals surface area contributed by atoms with Crippen LogP contribution in [0.3, 0.4) is 0 Å². The number of carbonyl (C=O) groups excluding carboxylic acids is 1. The van der Waals surface area contributed by atoms with Gasteiger partial charge < -0.3 is 10.6 Å². The molecule has 106 valence electrons. The lowest BCUT2D eigenvalue weighted by atomic mass is 10.00. The monoisotopic (exact) mass is 262 g/mol. The zero-order chi connectivity index (χ0) is 14.6. The van der Waals surface area contributed by atoms with E-state index >= 15 is 0 Å². The van der Waals surface area contributed by atoms with Gasteiger partial charge in [0.25, 0.3) is 0 Å². The third-order valence-electron chi connectivity index (χ3n) is 3.56. The fraction of sp³-hybridized carbons (Fsp3) is 0.562. The highest BCUT2D eigenvalue weighted by Crippen LogP contribution is 2.25. The molecule has 0 bridgehead atoms. The third-order valence-corrected chi connectivity index (χ3v) is 3.56. The molecule has 19 heavy (non-hydrogen) atoms. The van der Waals surface area contributed by atoms with Crippen molar-refractivity contribution in [3.05, 3.63) is 29.3 Å². The molecule has 1 aromatic carbocycles. The third kappa shape index (κ3) is 4.06. The molecule has 0 aliphatic carbocycles. The summed E-state index contributed by atoms with van der Waals surface area (Å²) < 4.78 is 0. The Morgan fingerprint density at radius 1 is 1.32 bits per heavy atom. The minimum atomic E-state index is 0.127. The molecule has 0 saturated carbocycles. The Bertz CT molecular complexity index is 440. The molecule has 0 heterocycles.